The van der Waals surface area contributed by atoms with Crippen LogP contribution in [0.3, 0.4) is 0 Å². The molecule has 0 unspecified atom stereocenters. The predicted octanol–water partition coefficient (Wildman–Crippen LogP) is 4.84. The average molecular weight is 474 g/mol. The molecule has 180 valence electrons. The molecule has 3 heterocycles. The molecule has 3 aromatic heterocycles. The molecule has 4 aromatic rings. The molecule has 0 saturated heterocycles. The largest absolute Gasteiger partial charge is 0.480 e. The van der Waals surface area contributed by atoms with Crippen LogP contribution < -0.4 is 10.3 Å². The van der Waals surface area contributed by atoms with Crippen molar-refractivity contribution in [1.82, 2.24) is 24.5 Å². The Morgan fingerprint density at radius 1 is 1.06 bits per heavy atom. The second-order valence-corrected chi connectivity index (χ2v) is 9.24. The van der Waals surface area contributed by atoms with E-state index in [0.717, 1.165) is 48.1 Å². The van der Waals surface area contributed by atoms with Gasteiger partial charge < -0.3 is 4.74 Å². The van der Waals surface area contributed by atoms with Crippen molar-refractivity contribution in [2.45, 2.75) is 57.9 Å². The number of fused-ring (bicyclic) bond motifs is 1. The van der Waals surface area contributed by atoms with Crippen molar-refractivity contribution in [3.8, 4) is 5.88 Å². The molecule has 7 nitrogen and oxygen atoms in total. The number of ether oxygens (including phenoxy) is 1. The van der Waals surface area contributed by atoms with Crippen LogP contribution in [0, 0.1) is 19.7 Å². The Morgan fingerprint density at radius 2 is 1.80 bits per heavy atom. The molecular formula is C27H28FN5O2. The van der Waals surface area contributed by atoms with E-state index in [1.807, 2.05) is 26.0 Å². The minimum Gasteiger partial charge on any atom is -0.480 e. The predicted molar refractivity (Wildman–Crippen MR) is 131 cm³/mol. The van der Waals surface area contributed by atoms with E-state index in [1.54, 1.807) is 29.2 Å². The Bertz CT molecular complexity index is 1420. The van der Waals surface area contributed by atoms with Crippen LogP contribution in [-0.2, 0) is 6.54 Å². The summed E-state index contributed by atoms with van der Waals surface area (Å²) in [6, 6.07) is 7.14. The van der Waals surface area contributed by atoms with Crippen molar-refractivity contribution in [2.75, 3.05) is 7.11 Å². The molecule has 8 heteroatoms. The number of methoxy groups -OCH3 is 1. The van der Waals surface area contributed by atoms with Crippen molar-refractivity contribution in [3.05, 3.63) is 87.1 Å². The Hall–Kier alpha value is -3.68. The molecular weight excluding hydrogens is 445 g/mol. The van der Waals surface area contributed by atoms with Gasteiger partial charge in [-0.3, -0.25) is 19.3 Å². The topological polar surface area (TPSA) is 82.8 Å². The third-order valence-corrected chi connectivity index (χ3v) is 7.02. The van der Waals surface area contributed by atoms with Gasteiger partial charge in [0.05, 0.1) is 19.3 Å². The normalized spacial score (nSPS) is 18.1. The average Bonchev–Trinajstić information content (AvgIpc) is 2.86. The number of pyridine rings is 1. The highest BCUT2D eigenvalue weighted by Crippen LogP contribution is 2.41. The van der Waals surface area contributed by atoms with Crippen LogP contribution in [0.2, 0.25) is 0 Å². The van der Waals surface area contributed by atoms with Gasteiger partial charge in [0.1, 0.15) is 17.0 Å². The molecule has 0 aliphatic heterocycles. The van der Waals surface area contributed by atoms with Crippen LogP contribution in [0.1, 0.15) is 65.6 Å². The summed E-state index contributed by atoms with van der Waals surface area (Å²) in [5, 5.41) is 0. The minimum absolute atomic E-state index is 0.0772. The molecule has 0 atom stereocenters. The maximum absolute atomic E-state index is 14.6. The van der Waals surface area contributed by atoms with E-state index in [-0.39, 0.29) is 29.8 Å². The molecule has 1 aromatic carbocycles. The Balaban J connectivity index is 1.51. The van der Waals surface area contributed by atoms with Gasteiger partial charge in [-0.05, 0) is 74.6 Å². The van der Waals surface area contributed by atoms with E-state index < -0.39 is 0 Å². The second-order valence-electron chi connectivity index (χ2n) is 9.24. The third kappa shape index (κ3) is 4.40. The molecule has 0 radical (unpaired) electrons. The van der Waals surface area contributed by atoms with E-state index in [9.17, 15) is 9.18 Å². The molecule has 0 amide bonds. The summed E-state index contributed by atoms with van der Waals surface area (Å²) in [7, 11) is 1.53. The number of halogens is 1. The molecule has 1 aliphatic rings. The van der Waals surface area contributed by atoms with E-state index in [0.29, 0.717) is 22.7 Å². The smallest absolute Gasteiger partial charge is 0.256 e. The van der Waals surface area contributed by atoms with Gasteiger partial charge >= 0.3 is 0 Å². The zero-order valence-corrected chi connectivity index (χ0v) is 20.2. The van der Waals surface area contributed by atoms with Gasteiger partial charge in [-0.2, -0.15) is 0 Å². The van der Waals surface area contributed by atoms with Gasteiger partial charge in [0.2, 0.25) is 5.88 Å². The fourth-order valence-corrected chi connectivity index (χ4v) is 5.31. The number of hydrogen-bond donors (Lipinski definition) is 0. The summed E-state index contributed by atoms with van der Waals surface area (Å²) in [5.74, 6) is 0.485. The Labute approximate surface area is 203 Å². The van der Waals surface area contributed by atoms with Crippen LogP contribution in [0.4, 0.5) is 4.39 Å². The summed E-state index contributed by atoms with van der Waals surface area (Å²) in [4.78, 5) is 31.6. The number of benzene rings is 1. The van der Waals surface area contributed by atoms with Crippen molar-refractivity contribution >= 4 is 11.2 Å². The Morgan fingerprint density at radius 3 is 2.54 bits per heavy atom. The SMILES string of the molecule is COc1nccnc1Cn1c(=O)c([C@H]2CC[C@H](c3c(C)cccc3F)CC2)cc2ncc(C)nc21. The first-order valence-electron chi connectivity index (χ1n) is 11.9. The van der Waals surface area contributed by atoms with Crippen molar-refractivity contribution in [2.24, 2.45) is 0 Å². The molecule has 0 N–H and O–H groups in total. The van der Waals surface area contributed by atoms with Gasteiger partial charge in [0, 0.05) is 24.2 Å². The van der Waals surface area contributed by atoms with Crippen molar-refractivity contribution in [3.63, 3.8) is 0 Å². The van der Waals surface area contributed by atoms with Gasteiger partial charge in [-0.15, -0.1) is 0 Å². The van der Waals surface area contributed by atoms with Crippen LogP contribution in [0.25, 0.3) is 11.2 Å². The second kappa shape index (κ2) is 9.52. The van der Waals surface area contributed by atoms with Crippen LogP contribution >= 0.6 is 0 Å². The van der Waals surface area contributed by atoms with Gasteiger partial charge in [-0.1, -0.05) is 12.1 Å². The van der Waals surface area contributed by atoms with Crippen molar-refractivity contribution in [1.29, 1.82) is 0 Å². The first-order chi connectivity index (χ1) is 17.0. The van der Waals surface area contributed by atoms with Crippen LogP contribution in [-0.4, -0.2) is 31.6 Å². The summed E-state index contributed by atoms with van der Waals surface area (Å²) < 4.78 is 21.5. The standard InChI is InChI=1S/C27H28FN5O2/c1-16-5-4-6-21(28)24(16)19-9-7-18(8-10-19)20-13-22-25(32-17(2)14-31-22)33(27(20)34)15-23-26(35-3)30-12-11-29-23/h4-6,11-14,18-19H,7-10,15H2,1-3H3/t18-,19-. The summed E-state index contributed by atoms with van der Waals surface area (Å²) in [6.07, 6.45) is 8.14. The lowest BCUT2D eigenvalue weighted by atomic mass is 9.75. The summed E-state index contributed by atoms with van der Waals surface area (Å²) in [5.41, 5.74) is 4.89. The molecule has 5 rings (SSSR count). The molecule has 1 aliphatic carbocycles. The first kappa shape index (κ1) is 23.1. The zero-order valence-electron chi connectivity index (χ0n) is 20.2. The van der Waals surface area contributed by atoms with E-state index in [1.165, 1.54) is 13.2 Å². The van der Waals surface area contributed by atoms with Gasteiger partial charge in [0.15, 0.2) is 5.65 Å². The fourth-order valence-electron chi connectivity index (χ4n) is 5.31. The maximum atomic E-state index is 14.6. The third-order valence-electron chi connectivity index (χ3n) is 7.02. The van der Waals surface area contributed by atoms with E-state index >= 15 is 0 Å². The molecule has 1 fully saturated rings. The van der Waals surface area contributed by atoms with Gasteiger partial charge in [0.25, 0.3) is 5.56 Å². The number of nitrogens with zero attached hydrogens (tertiary/aromatic N) is 5. The lowest BCUT2D eigenvalue weighted by Gasteiger charge is -2.30. The van der Waals surface area contributed by atoms with Gasteiger partial charge in [-0.25, -0.2) is 14.4 Å². The molecule has 35 heavy (non-hydrogen) atoms. The highest BCUT2D eigenvalue weighted by Gasteiger charge is 2.29. The summed E-state index contributed by atoms with van der Waals surface area (Å²) in [6.45, 7) is 4.00. The fraction of sp³-hybridized carbons (Fsp3) is 0.370. The monoisotopic (exact) mass is 473 g/mol. The lowest BCUT2D eigenvalue weighted by molar-refractivity contribution is 0.382. The number of rotatable bonds is 5. The number of hydrogen-bond acceptors (Lipinski definition) is 6. The molecule has 1 saturated carbocycles. The van der Waals surface area contributed by atoms with Crippen molar-refractivity contribution < 1.29 is 9.13 Å². The van der Waals surface area contributed by atoms with E-state index in [4.69, 9.17) is 4.74 Å². The first-order valence-corrected chi connectivity index (χ1v) is 11.9. The Kier molecular flexibility index (Phi) is 6.28. The maximum Gasteiger partial charge on any atom is 0.256 e. The zero-order chi connectivity index (χ0) is 24.5. The molecule has 0 spiro atoms. The molecule has 0 bridgehead atoms. The number of aromatic nitrogens is 5. The van der Waals surface area contributed by atoms with Crippen LogP contribution in [0.5, 0.6) is 5.88 Å². The van der Waals surface area contributed by atoms with E-state index in [2.05, 4.69) is 19.9 Å². The summed E-state index contributed by atoms with van der Waals surface area (Å²) >= 11 is 0. The highest BCUT2D eigenvalue weighted by molar-refractivity contribution is 5.71. The van der Waals surface area contributed by atoms with Crippen LogP contribution in [0.15, 0.2) is 47.7 Å². The lowest BCUT2D eigenvalue weighted by Crippen LogP contribution is -2.29. The minimum atomic E-state index is -0.134. The quantitative estimate of drug-likeness (QED) is 0.413. The highest BCUT2D eigenvalue weighted by atomic mass is 19.1. The number of aryl methyl sites for hydroxylation is 2.